The first kappa shape index (κ1) is 16.2. The fraction of sp³-hybridized carbons (Fsp3) is 0.600. The molecule has 0 bridgehead atoms. The minimum absolute atomic E-state index is 0.00915. The Labute approximate surface area is 120 Å². The standard InChI is InChI=1S/C15H18F5N/c1-9(12-6-3-7-13(16)14(12)17)21-11-5-2-4-10(8-11)15(18,19)20/h3,6-7,9-11,21H,2,4-5,8H2,1H3. The highest BCUT2D eigenvalue weighted by Crippen LogP contribution is 2.38. The lowest BCUT2D eigenvalue weighted by molar-refractivity contribution is -0.183. The lowest BCUT2D eigenvalue weighted by atomic mass is 9.84. The Morgan fingerprint density at radius 1 is 1.19 bits per heavy atom. The summed E-state index contributed by atoms with van der Waals surface area (Å²) < 4.78 is 65.1. The van der Waals surface area contributed by atoms with Gasteiger partial charge in [-0.25, -0.2) is 8.78 Å². The van der Waals surface area contributed by atoms with E-state index in [0.29, 0.717) is 12.8 Å². The maximum atomic E-state index is 13.7. The number of hydrogen-bond donors (Lipinski definition) is 1. The molecule has 3 atom stereocenters. The predicted octanol–water partition coefficient (Wildman–Crippen LogP) is 4.74. The monoisotopic (exact) mass is 307 g/mol. The molecule has 1 aliphatic rings. The Kier molecular flexibility index (Phi) is 4.86. The average molecular weight is 307 g/mol. The van der Waals surface area contributed by atoms with Gasteiger partial charge >= 0.3 is 6.18 Å². The minimum Gasteiger partial charge on any atom is -0.307 e. The molecular weight excluding hydrogens is 289 g/mol. The second kappa shape index (κ2) is 6.30. The van der Waals surface area contributed by atoms with Crippen LogP contribution in [-0.4, -0.2) is 12.2 Å². The second-order valence-electron chi connectivity index (χ2n) is 5.63. The molecule has 1 aromatic rings. The molecule has 2 rings (SSSR count). The lowest BCUT2D eigenvalue weighted by Gasteiger charge is -2.33. The third kappa shape index (κ3) is 3.93. The highest BCUT2D eigenvalue weighted by molar-refractivity contribution is 5.22. The molecule has 1 N–H and O–H groups in total. The van der Waals surface area contributed by atoms with Gasteiger partial charge in [0.2, 0.25) is 0 Å². The summed E-state index contributed by atoms with van der Waals surface area (Å²) in [6.07, 6.45) is -2.95. The van der Waals surface area contributed by atoms with Crippen LogP contribution < -0.4 is 5.32 Å². The summed E-state index contributed by atoms with van der Waals surface area (Å²) in [6.45, 7) is 1.63. The third-order valence-electron chi connectivity index (χ3n) is 4.07. The average Bonchev–Trinajstić information content (AvgIpc) is 2.41. The normalized spacial score (nSPS) is 24.9. The highest BCUT2D eigenvalue weighted by atomic mass is 19.4. The topological polar surface area (TPSA) is 12.0 Å². The number of benzene rings is 1. The first-order valence-electron chi connectivity index (χ1n) is 7.05. The van der Waals surface area contributed by atoms with Crippen LogP contribution in [0.2, 0.25) is 0 Å². The van der Waals surface area contributed by atoms with Gasteiger partial charge in [-0.15, -0.1) is 0 Å². The molecule has 0 amide bonds. The van der Waals surface area contributed by atoms with Crippen molar-refractivity contribution in [3.05, 3.63) is 35.4 Å². The van der Waals surface area contributed by atoms with Gasteiger partial charge in [-0.1, -0.05) is 18.6 Å². The van der Waals surface area contributed by atoms with E-state index in [9.17, 15) is 22.0 Å². The van der Waals surface area contributed by atoms with Gasteiger partial charge in [0.05, 0.1) is 5.92 Å². The molecule has 118 valence electrons. The van der Waals surface area contributed by atoms with Crippen molar-refractivity contribution in [2.24, 2.45) is 5.92 Å². The van der Waals surface area contributed by atoms with Crippen molar-refractivity contribution in [3.8, 4) is 0 Å². The molecule has 1 saturated carbocycles. The number of nitrogens with one attached hydrogen (secondary N) is 1. The van der Waals surface area contributed by atoms with Crippen molar-refractivity contribution < 1.29 is 22.0 Å². The molecule has 21 heavy (non-hydrogen) atoms. The van der Waals surface area contributed by atoms with Gasteiger partial charge in [0, 0.05) is 17.6 Å². The van der Waals surface area contributed by atoms with Crippen LogP contribution in [0, 0.1) is 17.6 Å². The van der Waals surface area contributed by atoms with E-state index < -0.39 is 29.8 Å². The number of halogens is 5. The van der Waals surface area contributed by atoms with E-state index in [2.05, 4.69) is 5.32 Å². The van der Waals surface area contributed by atoms with Crippen LogP contribution in [0.5, 0.6) is 0 Å². The van der Waals surface area contributed by atoms with Crippen LogP contribution in [0.4, 0.5) is 22.0 Å². The SMILES string of the molecule is CC(NC1CCCC(C(F)(F)F)C1)c1cccc(F)c1F. The fourth-order valence-corrected chi connectivity index (χ4v) is 2.94. The minimum atomic E-state index is -4.19. The fourth-order valence-electron chi connectivity index (χ4n) is 2.94. The van der Waals surface area contributed by atoms with Crippen molar-refractivity contribution in [1.29, 1.82) is 0 Å². The first-order chi connectivity index (χ1) is 9.79. The van der Waals surface area contributed by atoms with Crippen LogP contribution in [0.1, 0.15) is 44.2 Å². The second-order valence-corrected chi connectivity index (χ2v) is 5.63. The van der Waals surface area contributed by atoms with Crippen LogP contribution in [-0.2, 0) is 0 Å². The van der Waals surface area contributed by atoms with Crippen LogP contribution in [0.15, 0.2) is 18.2 Å². The highest BCUT2D eigenvalue weighted by Gasteiger charge is 2.42. The Hall–Kier alpha value is -1.17. The molecule has 1 aliphatic carbocycles. The predicted molar refractivity (Wildman–Crippen MR) is 69.7 cm³/mol. The number of rotatable bonds is 3. The van der Waals surface area contributed by atoms with Gasteiger partial charge in [0.25, 0.3) is 0 Å². The molecule has 6 heteroatoms. The Morgan fingerprint density at radius 3 is 2.57 bits per heavy atom. The zero-order valence-electron chi connectivity index (χ0n) is 11.7. The zero-order chi connectivity index (χ0) is 15.6. The maximum absolute atomic E-state index is 13.7. The van der Waals surface area contributed by atoms with E-state index in [4.69, 9.17) is 0 Å². The molecule has 0 aliphatic heterocycles. The van der Waals surface area contributed by atoms with Crippen molar-refractivity contribution in [2.45, 2.75) is 50.9 Å². The van der Waals surface area contributed by atoms with E-state index in [0.717, 1.165) is 6.07 Å². The van der Waals surface area contributed by atoms with E-state index in [-0.39, 0.29) is 24.4 Å². The molecular formula is C15H18F5N. The summed E-state index contributed by atoms with van der Waals surface area (Å²) >= 11 is 0. The van der Waals surface area contributed by atoms with Gasteiger partial charge in [0.15, 0.2) is 11.6 Å². The Morgan fingerprint density at radius 2 is 1.90 bits per heavy atom. The summed E-state index contributed by atoms with van der Waals surface area (Å²) in [4.78, 5) is 0. The number of alkyl halides is 3. The van der Waals surface area contributed by atoms with Crippen LogP contribution >= 0.6 is 0 Å². The smallest absolute Gasteiger partial charge is 0.307 e. The number of hydrogen-bond acceptors (Lipinski definition) is 1. The molecule has 1 fully saturated rings. The molecule has 0 spiro atoms. The van der Waals surface area contributed by atoms with Gasteiger partial charge in [0.1, 0.15) is 0 Å². The van der Waals surface area contributed by atoms with Crippen LogP contribution in [0.3, 0.4) is 0 Å². The molecule has 1 aromatic carbocycles. The lowest BCUT2D eigenvalue weighted by Crippen LogP contribution is -2.40. The van der Waals surface area contributed by atoms with Gasteiger partial charge in [-0.2, -0.15) is 13.2 Å². The molecule has 0 radical (unpaired) electrons. The molecule has 1 nitrogen and oxygen atoms in total. The summed E-state index contributed by atoms with van der Waals surface area (Å²) in [7, 11) is 0. The van der Waals surface area contributed by atoms with Crippen molar-refractivity contribution >= 4 is 0 Å². The quantitative estimate of drug-likeness (QED) is 0.796. The van der Waals surface area contributed by atoms with Crippen LogP contribution in [0.25, 0.3) is 0 Å². The Balaban J connectivity index is 2.02. The van der Waals surface area contributed by atoms with Gasteiger partial charge < -0.3 is 5.32 Å². The molecule has 3 unspecified atom stereocenters. The van der Waals surface area contributed by atoms with Gasteiger partial charge in [-0.05, 0) is 32.3 Å². The zero-order valence-corrected chi connectivity index (χ0v) is 11.7. The van der Waals surface area contributed by atoms with E-state index in [1.165, 1.54) is 12.1 Å². The van der Waals surface area contributed by atoms with E-state index >= 15 is 0 Å². The summed E-state index contributed by atoms with van der Waals surface area (Å²) in [6, 6.07) is 3.00. The summed E-state index contributed by atoms with van der Waals surface area (Å²) in [5.74, 6) is -3.20. The first-order valence-corrected chi connectivity index (χ1v) is 7.05. The summed E-state index contributed by atoms with van der Waals surface area (Å²) in [5, 5.41) is 3.00. The van der Waals surface area contributed by atoms with Crippen molar-refractivity contribution in [2.75, 3.05) is 0 Å². The summed E-state index contributed by atoms with van der Waals surface area (Å²) in [5.41, 5.74) is 0.143. The third-order valence-corrected chi connectivity index (χ3v) is 4.07. The Bertz CT molecular complexity index is 485. The molecule has 0 heterocycles. The largest absolute Gasteiger partial charge is 0.391 e. The van der Waals surface area contributed by atoms with Crippen molar-refractivity contribution in [3.63, 3.8) is 0 Å². The van der Waals surface area contributed by atoms with Gasteiger partial charge in [-0.3, -0.25) is 0 Å². The molecule has 0 aromatic heterocycles. The molecule has 0 saturated heterocycles. The van der Waals surface area contributed by atoms with E-state index in [1.54, 1.807) is 6.92 Å². The van der Waals surface area contributed by atoms with Crippen molar-refractivity contribution in [1.82, 2.24) is 5.32 Å². The maximum Gasteiger partial charge on any atom is 0.391 e. The van der Waals surface area contributed by atoms with E-state index in [1.807, 2.05) is 0 Å².